The standard InChI is InChI=1S/C9H9N5S/c1-6-2-3-11-9(14-6)15-8-12-4-7(10)5-13-8/h2-5H,10H2,1H3. The third-order valence-corrected chi connectivity index (χ3v) is 2.38. The first-order valence-corrected chi connectivity index (χ1v) is 5.11. The monoisotopic (exact) mass is 219 g/mol. The lowest BCUT2D eigenvalue weighted by molar-refractivity contribution is 0.909. The van der Waals surface area contributed by atoms with Crippen molar-refractivity contribution in [3.05, 3.63) is 30.4 Å². The van der Waals surface area contributed by atoms with E-state index < -0.39 is 0 Å². The molecule has 2 heterocycles. The molecule has 0 atom stereocenters. The van der Waals surface area contributed by atoms with Gasteiger partial charge >= 0.3 is 0 Å². The van der Waals surface area contributed by atoms with Crippen molar-refractivity contribution in [3.8, 4) is 0 Å². The van der Waals surface area contributed by atoms with E-state index in [1.54, 1.807) is 18.6 Å². The summed E-state index contributed by atoms with van der Waals surface area (Å²) >= 11 is 1.31. The number of anilines is 1. The Labute approximate surface area is 91.2 Å². The van der Waals surface area contributed by atoms with Crippen LogP contribution in [-0.4, -0.2) is 19.9 Å². The molecule has 15 heavy (non-hydrogen) atoms. The summed E-state index contributed by atoms with van der Waals surface area (Å²) in [6, 6.07) is 1.84. The summed E-state index contributed by atoms with van der Waals surface area (Å²) in [7, 11) is 0. The summed E-state index contributed by atoms with van der Waals surface area (Å²) in [5.74, 6) is 0. The van der Waals surface area contributed by atoms with Crippen molar-refractivity contribution in [1.82, 2.24) is 19.9 Å². The van der Waals surface area contributed by atoms with Gasteiger partial charge in [-0.25, -0.2) is 19.9 Å². The van der Waals surface area contributed by atoms with E-state index in [1.165, 1.54) is 11.8 Å². The minimum atomic E-state index is 0.546. The van der Waals surface area contributed by atoms with E-state index >= 15 is 0 Å². The highest BCUT2D eigenvalue weighted by atomic mass is 32.2. The fourth-order valence-electron chi connectivity index (χ4n) is 0.936. The predicted molar refractivity (Wildman–Crippen MR) is 57.3 cm³/mol. The maximum Gasteiger partial charge on any atom is 0.195 e. The Kier molecular flexibility index (Phi) is 2.77. The van der Waals surface area contributed by atoms with Crippen LogP contribution >= 0.6 is 11.8 Å². The number of rotatable bonds is 2. The number of nitrogen functional groups attached to an aromatic ring is 1. The van der Waals surface area contributed by atoms with Gasteiger partial charge in [-0.3, -0.25) is 0 Å². The van der Waals surface area contributed by atoms with Gasteiger partial charge in [-0.2, -0.15) is 0 Å². The number of nitrogens with zero attached hydrogens (tertiary/aromatic N) is 4. The third-order valence-electron chi connectivity index (χ3n) is 1.60. The van der Waals surface area contributed by atoms with E-state index in [-0.39, 0.29) is 0 Å². The quantitative estimate of drug-likeness (QED) is 0.767. The van der Waals surface area contributed by atoms with Crippen molar-refractivity contribution in [2.75, 3.05) is 5.73 Å². The van der Waals surface area contributed by atoms with Crippen molar-refractivity contribution in [2.45, 2.75) is 17.2 Å². The normalized spacial score (nSPS) is 10.2. The highest BCUT2D eigenvalue weighted by Crippen LogP contribution is 2.20. The SMILES string of the molecule is Cc1ccnc(Sc2ncc(N)cn2)n1. The van der Waals surface area contributed by atoms with Gasteiger partial charge in [-0.1, -0.05) is 0 Å². The molecular weight excluding hydrogens is 210 g/mol. The van der Waals surface area contributed by atoms with Gasteiger partial charge in [0.1, 0.15) is 0 Å². The Morgan fingerprint density at radius 2 is 1.87 bits per heavy atom. The Balaban J connectivity index is 2.18. The number of aromatic nitrogens is 4. The summed E-state index contributed by atoms with van der Waals surface area (Å²) in [6.07, 6.45) is 4.83. The summed E-state index contributed by atoms with van der Waals surface area (Å²) in [6.45, 7) is 1.91. The summed E-state index contributed by atoms with van der Waals surface area (Å²) in [5.41, 5.74) is 6.94. The van der Waals surface area contributed by atoms with Gasteiger partial charge in [0.05, 0.1) is 18.1 Å². The Morgan fingerprint density at radius 1 is 1.13 bits per heavy atom. The number of hydrogen-bond donors (Lipinski definition) is 1. The molecule has 2 N–H and O–H groups in total. The highest BCUT2D eigenvalue weighted by molar-refractivity contribution is 7.99. The molecule has 0 saturated heterocycles. The molecule has 76 valence electrons. The minimum Gasteiger partial charge on any atom is -0.396 e. The number of aryl methyl sites for hydroxylation is 1. The van der Waals surface area contributed by atoms with E-state index in [0.717, 1.165) is 5.69 Å². The molecule has 0 saturated carbocycles. The molecule has 0 unspecified atom stereocenters. The average Bonchev–Trinajstić information content (AvgIpc) is 2.22. The molecule has 5 nitrogen and oxygen atoms in total. The van der Waals surface area contributed by atoms with Crippen LogP contribution in [0.5, 0.6) is 0 Å². The molecule has 0 aliphatic rings. The van der Waals surface area contributed by atoms with Crippen LogP contribution in [0.4, 0.5) is 5.69 Å². The predicted octanol–water partition coefficient (Wildman–Crippen LogP) is 1.31. The zero-order valence-corrected chi connectivity index (χ0v) is 8.90. The van der Waals surface area contributed by atoms with E-state index in [2.05, 4.69) is 19.9 Å². The topological polar surface area (TPSA) is 77.6 Å². The van der Waals surface area contributed by atoms with Gasteiger partial charge < -0.3 is 5.73 Å². The molecule has 0 aliphatic heterocycles. The number of hydrogen-bond acceptors (Lipinski definition) is 6. The summed E-state index contributed by atoms with van der Waals surface area (Å²) < 4.78 is 0. The lowest BCUT2D eigenvalue weighted by atomic mass is 10.5. The largest absolute Gasteiger partial charge is 0.396 e. The molecule has 2 aromatic rings. The van der Waals surface area contributed by atoms with Crippen molar-refractivity contribution in [2.24, 2.45) is 0 Å². The van der Waals surface area contributed by atoms with Gasteiger partial charge in [-0.15, -0.1) is 0 Å². The van der Waals surface area contributed by atoms with Gasteiger partial charge in [0.25, 0.3) is 0 Å². The second kappa shape index (κ2) is 4.22. The molecule has 0 amide bonds. The van der Waals surface area contributed by atoms with Gasteiger partial charge in [-0.05, 0) is 24.8 Å². The Bertz CT molecular complexity index is 456. The first kappa shape index (κ1) is 9.85. The lowest BCUT2D eigenvalue weighted by Crippen LogP contribution is -1.93. The molecule has 0 spiro atoms. The van der Waals surface area contributed by atoms with Gasteiger partial charge in [0, 0.05) is 11.9 Å². The second-order valence-corrected chi connectivity index (χ2v) is 3.82. The Morgan fingerprint density at radius 3 is 2.53 bits per heavy atom. The van der Waals surface area contributed by atoms with Crippen LogP contribution in [0.1, 0.15) is 5.69 Å². The molecule has 0 aromatic carbocycles. The highest BCUT2D eigenvalue weighted by Gasteiger charge is 2.02. The smallest absolute Gasteiger partial charge is 0.195 e. The molecule has 0 bridgehead atoms. The van der Waals surface area contributed by atoms with E-state index in [9.17, 15) is 0 Å². The third kappa shape index (κ3) is 2.63. The molecule has 0 radical (unpaired) electrons. The molecular formula is C9H9N5S. The maximum absolute atomic E-state index is 5.48. The van der Waals surface area contributed by atoms with Gasteiger partial charge in [0.15, 0.2) is 10.3 Å². The Hall–Kier alpha value is -1.69. The van der Waals surface area contributed by atoms with Crippen LogP contribution < -0.4 is 5.73 Å². The van der Waals surface area contributed by atoms with Crippen LogP contribution in [0.3, 0.4) is 0 Å². The zero-order valence-electron chi connectivity index (χ0n) is 8.08. The molecule has 2 rings (SSSR count). The van der Waals surface area contributed by atoms with E-state index in [4.69, 9.17) is 5.73 Å². The first-order valence-electron chi connectivity index (χ1n) is 4.29. The van der Waals surface area contributed by atoms with Crippen LogP contribution in [0.15, 0.2) is 35.0 Å². The van der Waals surface area contributed by atoms with Crippen LogP contribution in [0.25, 0.3) is 0 Å². The van der Waals surface area contributed by atoms with Crippen LogP contribution in [0, 0.1) is 6.92 Å². The van der Waals surface area contributed by atoms with Crippen molar-refractivity contribution >= 4 is 17.4 Å². The molecule has 0 fully saturated rings. The van der Waals surface area contributed by atoms with Crippen molar-refractivity contribution in [1.29, 1.82) is 0 Å². The minimum absolute atomic E-state index is 0.546. The van der Waals surface area contributed by atoms with Crippen molar-refractivity contribution < 1.29 is 0 Å². The second-order valence-electron chi connectivity index (χ2n) is 2.88. The molecule has 6 heteroatoms. The van der Waals surface area contributed by atoms with Gasteiger partial charge in [0.2, 0.25) is 0 Å². The maximum atomic E-state index is 5.48. The average molecular weight is 219 g/mol. The summed E-state index contributed by atoms with van der Waals surface area (Å²) in [4.78, 5) is 16.4. The molecule has 2 aromatic heterocycles. The zero-order chi connectivity index (χ0) is 10.7. The number of nitrogens with two attached hydrogens (primary N) is 1. The van der Waals surface area contributed by atoms with E-state index in [0.29, 0.717) is 16.0 Å². The molecule has 0 aliphatic carbocycles. The lowest BCUT2D eigenvalue weighted by Gasteiger charge is -1.99. The van der Waals surface area contributed by atoms with Crippen LogP contribution in [0.2, 0.25) is 0 Å². The fourth-order valence-corrected chi connectivity index (χ4v) is 1.61. The summed E-state index contributed by atoms with van der Waals surface area (Å²) in [5, 5.41) is 1.23. The fraction of sp³-hybridized carbons (Fsp3) is 0.111. The van der Waals surface area contributed by atoms with E-state index in [1.807, 2.05) is 13.0 Å². The first-order chi connectivity index (χ1) is 7.24. The van der Waals surface area contributed by atoms with Crippen molar-refractivity contribution in [3.63, 3.8) is 0 Å². The van der Waals surface area contributed by atoms with Crippen LogP contribution in [-0.2, 0) is 0 Å².